The van der Waals surface area contributed by atoms with Crippen molar-refractivity contribution in [1.82, 2.24) is 0 Å². The van der Waals surface area contributed by atoms with Crippen LogP contribution in [0.2, 0.25) is 0 Å². The molecule has 0 heterocycles. The Labute approximate surface area is 174 Å². The van der Waals surface area contributed by atoms with E-state index >= 15 is 0 Å². The molecule has 2 aliphatic carbocycles. The molecule has 5 rings (SSSR count). The molecule has 0 aromatic heterocycles. The first-order valence-electron chi connectivity index (χ1n) is 10.7. The molecular weight excluding hydrogens is 348 g/mol. The molecule has 3 aromatic rings. The summed E-state index contributed by atoms with van der Waals surface area (Å²) in [5, 5.41) is 0. The van der Waals surface area contributed by atoms with Gasteiger partial charge in [0.05, 0.1) is 0 Å². The van der Waals surface area contributed by atoms with Gasteiger partial charge in [0.2, 0.25) is 0 Å². The van der Waals surface area contributed by atoms with Crippen molar-refractivity contribution in [3.8, 4) is 11.1 Å². The molecule has 0 spiro atoms. The second-order valence-electron chi connectivity index (χ2n) is 9.14. The van der Waals surface area contributed by atoms with Crippen LogP contribution in [0.15, 0.2) is 84.4 Å². The largest absolute Gasteiger partial charge is 0.0623 e. The van der Waals surface area contributed by atoms with E-state index in [0.717, 1.165) is 6.42 Å². The van der Waals surface area contributed by atoms with Gasteiger partial charge in [-0.2, -0.15) is 0 Å². The lowest BCUT2D eigenvalue weighted by molar-refractivity contribution is 0.660. The Balaban J connectivity index is 1.73. The first-order chi connectivity index (χ1) is 14.0. The number of hydrogen-bond acceptors (Lipinski definition) is 0. The van der Waals surface area contributed by atoms with E-state index in [1.807, 2.05) is 0 Å². The van der Waals surface area contributed by atoms with Crippen molar-refractivity contribution in [1.29, 1.82) is 0 Å². The summed E-state index contributed by atoms with van der Waals surface area (Å²) in [5.74, 6) is 0.547. The van der Waals surface area contributed by atoms with E-state index in [1.165, 1.54) is 50.1 Å². The van der Waals surface area contributed by atoms with Crippen LogP contribution in [0, 0.1) is 5.92 Å². The van der Waals surface area contributed by atoms with Crippen LogP contribution < -0.4 is 0 Å². The molecular formula is C29H28. The molecule has 3 aromatic carbocycles. The fourth-order valence-corrected chi connectivity index (χ4v) is 5.23. The molecule has 0 N–H and O–H groups in total. The van der Waals surface area contributed by atoms with Crippen LogP contribution in [0.25, 0.3) is 22.3 Å². The van der Waals surface area contributed by atoms with Crippen molar-refractivity contribution in [2.75, 3.05) is 0 Å². The van der Waals surface area contributed by atoms with Gasteiger partial charge in [-0.3, -0.25) is 0 Å². The molecule has 0 amide bonds. The van der Waals surface area contributed by atoms with Crippen LogP contribution >= 0.6 is 0 Å². The lowest BCUT2D eigenvalue weighted by atomic mass is 9.78. The van der Waals surface area contributed by atoms with Crippen LogP contribution in [0.1, 0.15) is 56.4 Å². The smallest absolute Gasteiger partial charge is 0.0159 e. The number of allylic oxidation sites excluding steroid dienone is 4. The molecule has 0 heteroatoms. The van der Waals surface area contributed by atoms with Gasteiger partial charge in [0.25, 0.3) is 0 Å². The highest BCUT2D eigenvalue weighted by Gasteiger charge is 2.37. The first-order valence-corrected chi connectivity index (χ1v) is 10.7. The minimum atomic E-state index is 0.0524. The zero-order chi connectivity index (χ0) is 20.2. The minimum absolute atomic E-state index is 0.0524. The zero-order valence-corrected chi connectivity index (χ0v) is 17.8. The predicted molar refractivity (Wildman–Crippen MR) is 125 cm³/mol. The summed E-state index contributed by atoms with van der Waals surface area (Å²) in [6, 6.07) is 26.7. The summed E-state index contributed by atoms with van der Waals surface area (Å²) >= 11 is 0. The second kappa shape index (κ2) is 6.59. The number of rotatable bonds is 2. The van der Waals surface area contributed by atoms with Crippen LogP contribution in [0.3, 0.4) is 0 Å². The summed E-state index contributed by atoms with van der Waals surface area (Å²) in [5.41, 5.74) is 12.9. The highest BCUT2D eigenvalue weighted by molar-refractivity contribution is 5.95. The highest BCUT2D eigenvalue weighted by Crippen LogP contribution is 2.52. The van der Waals surface area contributed by atoms with E-state index in [2.05, 4.69) is 107 Å². The molecule has 29 heavy (non-hydrogen) atoms. The van der Waals surface area contributed by atoms with E-state index in [4.69, 9.17) is 0 Å². The van der Waals surface area contributed by atoms with Gasteiger partial charge in [0.1, 0.15) is 0 Å². The molecule has 0 radical (unpaired) electrons. The Morgan fingerprint density at radius 1 is 0.759 bits per heavy atom. The standard InChI is InChI=1S/C29H28/c1-19-17-22(18-25(20(19)2)21-11-6-5-7-12-21)23-14-10-16-27-28(23)24-13-8-9-15-26(24)29(27,3)4/h5-16,18-19H,17H2,1-4H3. The molecule has 0 saturated carbocycles. The topological polar surface area (TPSA) is 0 Å². The maximum Gasteiger partial charge on any atom is 0.0159 e. The predicted octanol–water partition coefficient (Wildman–Crippen LogP) is 7.89. The Hall–Kier alpha value is -2.86. The van der Waals surface area contributed by atoms with Crippen molar-refractivity contribution in [2.45, 2.75) is 39.5 Å². The van der Waals surface area contributed by atoms with Gasteiger partial charge < -0.3 is 0 Å². The Kier molecular flexibility index (Phi) is 4.13. The molecule has 1 atom stereocenters. The molecule has 0 aliphatic heterocycles. The third-order valence-corrected chi connectivity index (χ3v) is 7.05. The molecule has 144 valence electrons. The Bertz CT molecular complexity index is 1160. The van der Waals surface area contributed by atoms with Gasteiger partial charge >= 0.3 is 0 Å². The van der Waals surface area contributed by atoms with E-state index in [9.17, 15) is 0 Å². The van der Waals surface area contributed by atoms with Crippen LogP contribution in [0.5, 0.6) is 0 Å². The van der Waals surface area contributed by atoms with Gasteiger partial charge in [-0.05, 0) is 63.8 Å². The monoisotopic (exact) mass is 376 g/mol. The SMILES string of the molecule is CC1=C(c2ccccc2)C=C(c2cccc3c2-c2ccccc2C3(C)C)CC1C. The van der Waals surface area contributed by atoms with Gasteiger partial charge in [-0.15, -0.1) is 0 Å². The van der Waals surface area contributed by atoms with Crippen LogP contribution in [-0.4, -0.2) is 0 Å². The second-order valence-corrected chi connectivity index (χ2v) is 9.14. The molecule has 0 nitrogen and oxygen atoms in total. The van der Waals surface area contributed by atoms with E-state index < -0.39 is 0 Å². The lowest BCUT2D eigenvalue weighted by Gasteiger charge is -2.26. The normalized spacial score (nSPS) is 19.6. The van der Waals surface area contributed by atoms with Crippen molar-refractivity contribution in [3.63, 3.8) is 0 Å². The van der Waals surface area contributed by atoms with Gasteiger partial charge in [-0.25, -0.2) is 0 Å². The van der Waals surface area contributed by atoms with Gasteiger partial charge in [0, 0.05) is 5.41 Å². The fourth-order valence-electron chi connectivity index (χ4n) is 5.23. The molecule has 0 saturated heterocycles. The van der Waals surface area contributed by atoms with E-state index in [1.54, 1.807) is 0 Å². The van der Waals surface area contributed by atoms with E-state index in [0.29, 0.717) is 5.92 Å². The summed E-state index contributed by atoms with van der Waals surface area (Å²) in [7, 11) is 0. The quantitative estimate of drug-likeness (QED) is 0.426. The summed E-state index contributed by atoms with van der Waals surface area (Å²) in [6.45, 7) is 9.39. The summed E-state index contributed by atoms with van der Waals surface area (Å²) in [4.78, 5) is 0. The molecule has 0 bridgehead atoms. The van der Waals surface area contributed by atoms with Crippen molar-refractivity contribution < 1.29 is 0 Å². The van der Waals surface area contributed by atoms with Crippen molar-refractivity contribution >= 4 is 11.1 Å². The van der Waals surface area contributed by atoms with E-state index in [-0.39, 0.29) is 5.41 Å². The van der Waals surface area contributed by atoms with Crippen LogP contribution in [0.4, 0.5) is 0 Å². The third-order valence-electron chi connectivity index (χ3n) is 7.05. The number of hydrogen-bond donors (Lipinski definition) is 0. The van der Waals surface area contributed by atoms with Crippen molar-refractivity contribution in [2.24, 2.45) is 5.92 Å². The molecule has 2 aliphatic rings. The summed E-state index contributed by atoms with van der Waals surface area (Å²) in [6.07, 6.45) is 3.55. The minimum Gasteiger partial charge on any atom is -0.0623 e. The van der Waals surface area contributed by atoms with Crippen molar-refractivity contribution in [3.05, 3.63) is 107 Å². The number of fused-ring (bicyclic) bond motifs is 3. The molecule has 0 fully saturated rings. The average Bonchev–Trinajstić information content (AvgIpc) is 2.98. The number of benzene rings is 3. The first kappa shape index (κ1) is 18.2. The zero-order valence-electron chi connectivity index (χ0n) is 17.8. The van der Waals surface area contributed by atoms with Crippen LogP contribution in [-0.2, 0) is 5.41 Å². The lowest BCUT2D eigenvalue weighted by Crippen LogP contribution is -2.15. The molecule has 1 unspecified atom stereocenters. The Morgan fingerprint density at radius 3 is 2.21 bits per heavy atom. The maximum atomic E-state index is 2.45. The van der Waals surface area contributed by atoms with Gasteiger partial charge in [-0.1, -0.05) is 105 Å². The fraction of sp³-hybridized carbons (Fsp3) is 0.241. The maximum absolute atomic E-state index is 2.45. The highest BCUT2D eigenvalue weighted by atomic mass is 14.4. The average molecular weight is 377 g/mol. The Morgan fingerprint density at radius 2 is 1.41 bits per heavy atom. The summed E-state index contributed by atoms with van der Waals surface area (Å²) < 4.78 is 0. The van der Waals surface area contributed by atoms with Gasteiger partial charge in [0.15, 0.2) is 0 Å². The third kappa shape index (κ3) is 2.74.